The van der Waals surface area contributed by atoms with Gasteiger partial charge >= 0.3 is 0 Å². The van der Waals surface area contributed by atoms with Gasteiger partial charge in [-0.05, 0) is 24.3 Å². The molecule has 0 amide bonds. The number of rotatable bonds is 2. The summed E-state index contributed by atoms with van der Waals surface area (Å²) < 4.78 is 3.20. The van der Waals surface area contributed by atoms with Crippen LogP contribution in [0.2, 0.25) is 0 Å². The third kappa shape index (κ3) is 2.46. The average molecular weight is 328 g/mol. The summed E-state index contributed by atoms with van der Waals surface area (Å²) >= 11 is 0. The van der Waals surface area contributed by atoms with Crippen molar-refractivity contribution in [3.05, 3.63) is 71.2 Å². The highest BCUT2D eigenvalue weighted by molar-refractivity contribution is 5.90. The minimum Gasteiger partial charge on any atom is -0.282 e. The summed E-state index contributed by atoms with van der Waals surface area (Å²) in [6, 6.07) is 8.88. The van der Waals surface area contributed by atoms with Gasteiger partial charge in [0.05, 0.1) is 17.8 Å². The normalized spacial score (nSPS) is 10.7. The Labute approximate surface area is 142 Å². The van der Waals surface area contributed by atoms with Crippen LogP contribution >= 0.6 is 0 Å². The van der Waals surface area contributed by atoms with E-state index in [0.717, 1.165) is 11.1 Å². The van der Waals surface area contributed by atoms with Crippen molar-refractivity contribution >= 4 is 11.0 Å². The standard InChI is InChI=1S/C18H12N6O/c1-23-10-13(9-22-23)15-11-24(14-4-2-12(8-19)3-5-14)18(25)17-16(15)20-6-7-21-17/h2-7,9-11H,1H3. The molecule has 7 nitrogen and oxygen atoms in total. The van der Waals surface area contributed by atoms with Crippen LogP contribution in [-0.2, 0) is 7.05 Å². The monoisotopic (exact) mass is 328 g/mol. The summed E-state index contributed by atoms with van der Waals surface area (Å²) in [5.74, 6) is 0. The number of hydrogen-bond acceptors (Lipinski definition) is 5. The van der Waals surface area contributed by atoms with Crippen LogP contribution in [-0.4, -0.2) is 24.3 Å². The number of benzene rings is 1. The molecule has 0 aliphatic rings. The molecule has 0 fully saturated rings. The highest BCUT2D eigenvalue weighted by Gasteiger charge is 2.14. The lowest BCUT2D eigenvalue weighted by molar-refractivity contribution is 0.768. The summed E-state index contributed by atoms with van der Waals surface area (Å²) in [5, 5.41) is 13.1. The molecular weight excluding hydrogens is 316 g/mol. The first kappa shape index (κ1) is 14.8. The summed E-state index contributed by atoms with van der Waals surface area (Å²) in [4.78, 5) is 21.4. The van der Waals surface area contributed by atoms with Crippen molar-refractivity contribution < 1.29 is 0 Å². The molecular formula is C18H12N6O. The molecule has 0 unspecified atom stereocenters. The van der Waals surface area contributed by atoms with E-state index in [4.69, 9.17) is 5.26 Å². The molecule has 0 aliphatic heterocycles. The molecule has 0 aliphatic carbocycles. The van der Waals surface area contributed by atoms with Gasteiger partial charge in [-0.2, -0.15) is 10.4 Å². The van der Waals surface area contributed by atoms with E-state index in [-0.39, 0.29) is 11.1 Å². The highest BCUT2D eigenvalue weighted by Crippen LogP contribution is 2.25. The van der Waals surface area contributed by atoms with Crippen molar-refractivity contribution in [2.45, 2.75) is 0 Å². The second kappa shape index (κ2) is 5.69. The van der Waals surface area contributed by atoms with Crippen LogP contribution in [0.4, 0.5) is 0 Å². The smallest absolute Gasteiger partial charge is 0.282 e. The van der Waals surface area contributed by atoms with E-state index in [9.17, 15) is 4.79 Å². The first-order chi connectivity index (χ1) is 12.2. The molecule has 3 aromatic heterocycles. The first-order valence-electron chi connectivity index (χ1n) is 7.53. The van der Waals surface area contributed by atoms with Crippen LogP contribution in [0.25, 0.3) is 27.8 Å². The van der Waals surface area contributed by atoms with E-state index in [2.05, 4.69) is 21.1 Å². The second-order valence-corrected chi connectivity index (χ2v) is 5.53. The lowest BCUT2D eigenvalue weighted by atomic mass is 10.1. The SMILES string of the molecule is Cn1cc(-c2cn(-c3ccc(C#N)cc3)c(=O)c3nccnc23)cn1. The Morgan fingerprint density at radius 2 is 1.76 bits per heavy atom. The number of nitriles is 1. The fourth-order valence-electron chi connectivity index (χ4n) is 2.71. The lowest BCUT2D eigenvalue weighted by Crippen LogP contribution is -2.19. The predicted octanol–water partition coefficient (Wildman–Crippen LogP) is 2.05. The van der Waals surface area contributed by atoms with Crippen LogP contribution < -0.4 is 5.56 Å². The molecule has 0 N–H and O–H groups in total. The topological polar surface area (TPSA) is 89.4 Å². The molecule has 4 aromatic rings. The number of aromatic nitrogens is 5. The van der Waals surface area contributed by atoms with Gasteiger partial charge in [-0.1, -0.05) is 0 Å². The molecule has 4 rings (SSSR count). The Morgan fingerprint density at radius 3 is 2.40 bits per heavy atom. The summed E-state index contributed by atoms with van der Waals surface area (Å²) in [7, 11) is 1.83. The number of aryl methyl sites for hydroxylation is 1. The van der Waals surface area contributed by atoms with Crippen LogP contribution in [0, 0.1) is 11.3 Å². The number of nitrogens with zero attached hydrogens (tertiary/aromatic N) is 6. The third-order valence-corrected chi connectivity index (χ3v) is 3.92. The van der Waals surface area contributed by atoms with E-state index in [0.29, 0.717) is 16.8 Å². The molecule has 3 heterocycles. The number of hydrogen-bond donors (Lipinski definition) is 0. The van der Waals surface area contributed by atoms with E-state index in [1.807, 2.05) is 13.2 Å². The van der Waals surface area contributed by atoms with Crippen molar-refractivity contribution in [1.82, 2.24) is 24.3 Å². The quantitative estimate of drug-likeness (QED) is 0.562. The number of fused-ring (bicyclic) bond motifs is 1. The Bertz CT molecular complexity index is 1180. The molecule has 0 radical (unpaired) electrons. The van der Waals surface area contributed by atoms with Crippen LogP contribution in [0.15, 0.2) is 60.0 Å². The minimum atomic E-state index is -0.263. The van der Waals surface area contributed by atoms with Gasteiger partial charge in [0.15, 0.2) is 5.52 Å². The predicted molar refractivity (Wildman–Crippen MR) is 92.1 cm³/mol. The maximum absolute atomic E-state index is 12.8. The van der Waals surface area contributed by atoms with Crippen LogP contribution in [0.5, 0.6) is 0 Å². The number of pyridine rings is 1. The fourth-order valence-corrected chi connectivity index (χ4v) is 2.71. The van der Waals surface area contributed by atoms with E-state index in [1.54, 1.807) is 47.5 Å². The van der Waals surface area contributed by atoms with Gasteiger partial charge in [-0.15, -0.1) is 0 Å². The molecule has 0 bridgehead atoms. The van der Waals surface area contributed by atoms with Gasteiger partial charge in [-0.3, -0.25) is 19.0 Å². The molecule has 0 saturated carbocycles. The minimum absolute atomic E-state index is 0.263. The lowest BCUT2D eigenvalue weighted by Gasteiger charge is -2.10. The zero-order chi connectivity index (χ0) is 17.4. The highest BCUT2D eigenvalue weighted by atomic mass is 16.1. The van der Waals surface area contributed by atoms with Crippen molar-refractivity contribution in [2.75, 3.05) is 0 Å². The molecule has 120 valence electrons. The van der Waals surface area contributed by atoms with E-state index in [1.165, 1.54) is 10.8 Å². The summed E-state index contributed by atoms with van der Waals surface area (Å²) in [6.45, 7) is 0. The van der Waals surface area contributed by atoms with Crippen LogP contribution in [0.1, 0.15) is 5.56 Å². The van der Waals surface area contributed by atoms with Gasteiger partial charge in [-0.25, -0.2) is 4.98 Å². The molecule has 0 saturated heterocycles. The maximum Gasteiger partial charge on any atom is 0.283 e. The largest absolute Gasteiger partial charge is 0.283 e. The van der Waals surface area contributed by atoms with Crippen molar-refractivity contribution in [3.8, 4) is 22.9 Å². The zero-order valence-electron chi connectivity index (χ0n) is 13.3. The second-order valence-electron chi connectivity index (χ2n) is 5.53. The van der Waals surface area contributed by atoms with Gasteiger partial charge < -0.3 is 0 Å². The summed E-state index contributed by atoms with van der Waals surface area (Å²) in [6.07, 6.45) is 8.37. The average Bonchev–Trinajstić information content (AvgIpc) is 3.08. The summed E-state index contributed by atoms with van der Waals surface area (Å²) in [5.41, 5.74) is 3.35. The van der Waals surface area contributed by atoms with Gasteiger partial charge in [0.2, 0.25) is 0 Å². The molecule has 0 atom stereocenters. The molecule has 7 heteroatoms. The Morgan fingerprint density at radius 1 is 1.04 bits per heavy atom. The Kier molecular flexibility index (Phi) is 3.36. The van der Waals surface area contributed by atoms with Crippen molar-refractivity contribution in [3.63, 3.8) is 0 Å². The molecule has 25 heavy (non-hydrogen) atoms. The van der Waals surface area contributed by atoms with Gasteiger partial charge in [0.1, 0.15) is 5.52 Å². The van der Waals surface area contributed by atoms with Gasteiger partial charge in [0, 0.05) is 48.6 Å². The van der Waals surface area contributed by atoms with Crippen molar-refractivity contribution in [2.24, 2.45) is 7.05 Å². The Balaban J connectivity index is 2.03. The molecule has 1 aromatic carbocycles. The van der Waals surface area contributed by atoms with E-state index < -0.39 is 0 Å². The Hall–Kier alpha value is -3.79. The molecule has 0 spiro atoms. The first-order valence-corrected chi connectivity index (χ1v) is 7.53. The van der Waals surface area contributed by atoms with Gasteiger partial charge in [0.25, 0.3) is 5.56 Å². The van der Waals surface area contributed by atoms with E-state index >= 15 is 0 Å². The third-order valence-electron chi connectivity index (χ3n) is 3.92. The van der Waals surface area contributed by atoms with Crippen molar-refractivity contribution in [1.29, 1.82) is 5.26 Å². The maximum atomic E-state index is 12.8. The zero-order valence-corrected chi connectivity index (χ0v) is 13.3. The fraction of sp³-hybridized carbons (Fsp3) is 0.0556. The van der Waals surface area contributed by atoms with Crippen LogP contribution in [0.3, 0.4) is 0 Å².